The van der Waals surface area contributed by atoms with Gasteiger partial charge in [0.15, 0.2) is 0 Å². The molecule has 1 aliphatic rings. The predicted molar refractivity (Wildman–Crippen MR) is 79.7 cm³/mol. The van der Waals surface area contributed by atoms with Gasteiger partial charge in [0.2, 0.25) is 10.0 Å². The summed E-state index contributed by atoms with van der Waals surface area (Å²) in [5.41, 5.74) is 0. The Hall–Kier alpha value is -1.29. The van der Waals surface area contributed by atoms with Crippen molar-refractivity contribution in [3.63, 3.8) is 0 Å². The van der Waals surface area contributed by atoms with Crippen molar-refractivity contribution < 1.29 is 13.2 Å². The number of nitriles is 1. The molecule has 5 nitrogen and oxygen atoms in total. The molecule has 114 valence electrons. The normalized spacial score (nSPS) is 15.5. The Kier molecular flexibility index (Phi) is 5.09. The molecule has 0 N–H and O–H groups in total. The Bertz CT molecular complexity index is 651. The summed E-state index contributed by atoms with van der Waals surface area (Å²) in [6.07, 6.45) is 3.43. The van der Waals surface area contributed by atoms with Crippen molar-refractivity contribution in [1.82, 2.24) is 4.31 Å². The largest absolute Gasteiger partial charge is 0.492 e. The molecule has 0 aliphatic heterocycles. The van der Waals surface area contributed by atoms with Crippen molar-refractivity contribution in [3.05, 3.63) is 23.2 Å². The van der Waals surface area contributed by atoms with Crippen molar-refractivity contribution in [2.45, 2.75) is 24.2 Å². The summed E-state index contributed by atoms with van der Waals surface area (Å²) in [7, 11) is -2.43. The number of nitrogens with zero attached hydrogens (tertiary/aromatic N) is 2. The maximum Gasteiger partial charge on any atom is 0.247 e. The van der Waals surface area contributed by atoms with E-state index < -0.39 is 10.0 Å². The third-order valence-corrected chi connectivity index (χ3v) is 5.65. The van der Waals surface area contributed by atoms with Gasteiger partial charge in [-0.3, -0.25) is 0 Å². The second kappa shape index (κ2) is 6.65. The maximum absolute atomic E-state index is 12.5. The summed E-state index contributed by atoms with van der Waals surface area (Å²) < 4.78 is 31.6. The highest BCUT2D eigenvalue weighted by Crippen LogP contribution is 2.32. The minimum Gasteiger partial charge on any atom is -0.492 e. The first-order valence-corrected chi connectivity index (χ1v) is 8.52. The van der Waals surface area contributed by atoms with Crippen molar-refractivity contribution >= 4 is 21.6 Å². The number of ether oxygens (including phenoxy) is 1. The number of hydrogen-bond donors (Lipinski definition) is 0. The number of benzene rings is 1. The van der Waals surface area contributed by atoms with Crippen LogP contribution in [0.25, 0.3) is 0 Å². The monoisotopic (exact) mass is 328 g/mol. The number of sulfonamides is 1. The molecule has 0 unspecified atom stereocenters. The van der Waals surface area contributed by atoms with Gasteiger partial charge in [-0.05, 0) is 37.0 Å². The molecule has 0 bridgehead atoms. The molecule has 7 heteroatoms. The maximum atomic E-state index is 12.5. The molecule has 0 radical (unpaired) electrons. The van der Waals surface area contributed by atoms with Crippen LogP contribution in [0.5, 0.6) is 5.75 Å². The van der Waals surface area contributed by atoms with Crippen LogP contribution in [0.15, 0.2) is 23.1 Å². The van der Waals surface area contributed by atoms with Crippen LogP contribution in [0, 0.1) is 17.2 Å². The van der Waals surface area contributed by atoms with E-state index in [1.807, 2.05) is 6.07 Å². The van der Waals surface area contributed by atoms with E-state index in [1.54, 1.807) is 12.1 Å². The molecular weight excluding hydrogens is 312 g/mol. The van der Waals surface area contributed by atoms with Gasteiger partial charge in [-0.1, -0.05) is 18.0 Å². The lowest BCUT2D eigenvalue weighted by Gasteiger charge is -2.26. The summed E-state index contributed by atoms with van der Waals surface area (Å²) in [5, 5.41) is 8.99. The molecule has 0 saturated heterocycles. The minimum absolute atomic E-state index is 0.00655. The highest BCUT2D eigenvalue weighted by Gasteiger charge is 2.26. The lowest BCUT2D eigenvalue weighted by atomic mass is 9.86. The molecule has 2 rings (SSSR count). The Balaban J connectivity index is 2.27. The molecule has 0 heterocycles. The van der Waals surface area contributed by atoms with E-state index in [0.29, 0.717) is 17.5 Å². The summed E-state index contributed by atoms with van der Waals surface area (Å²) >= 11 is 5.90. The quantitative estimate of drug-likeness (QED) is 0.753. The second-order valence-electron chi connectivity index (χ2n) is 5.12. The fourth-order valence-corrected chi connectivity index (χ4v) is 3.48. The molecule has 0 aromatic heterocycles. The molecule has 0 amide bonds. The third-order valence-electron chi connectivity index (χ3n) is 3.59. The van der Waals surface area contributed by atoms with Gasteiger partial charge in [0.1, 0.15) is 17.2 Å². The number of halogens is 1. The first-order chi connectivity index (χ1) is 9.95. The van der Waals surface area contributed by atoms with Gasteiger partial charge in [-0.25, -0.2) is 8.42 Å². The van der Waals surface area contributed by atoms with Crippen LogP contribution in [0.2, 0.25) is 5.02 Å². The summed E-state index contributed by atoms with van der Waals surface area (Å²) in [6, 6.07) is 6.34. The third kappa shape index (κ3) is 3.67. The minimum atomic E-state index is -3.79. The number of hydrogen-bond acceptors (Lipinski definition) is 4. The Morgan fingerprint density at radius 3 is 2.76 bits per heavy atom. The summed E-state index contributed by atoms with van der Waals surface area (Å²) in [5.74, 6) is 0.782. The van der Waals surface area contributed by atoms with E-state index in [-0.39, 0.29) is 17.2 Å². The second-order valence-corrected chi connectivity index (χ2v) is 7.57. The predicted octanol–water partition coefficient (Wildman–Crippen LogP) is 2.66. The van der Waals surface area contributed by atoms with E-state index in [4.69, 9.17) is 21.6 Å². The fraction of sp³-hybridized carbons (Fsp3) is 0.500. The zero-order valence-electron chi connectivity index (χ0n) is 11.8. The Morgan fingerprint density at radius 1 is 1.48 bits per heavy atom. The van der Waals surface area contributed by atoms with Crippen LogP contribution < -0.4 is 4.74 Å². The first-order valence-electron chi connectivity index (χ1n) is 6.71. The van der Waals surface area contributed by atoms with Crippen LogP contribution in [0.1, 0.15) is 19.3 Å². The van der Waals surface area contributed by atoms with Gasteiger partial charge in [0.05, 0.1) is 12.7 Å². The molecule has 1 aromatic carbocycles. The topological polar surface area (TPSA) is 70.4 Å². The van der Waals surface area contributed by atoms with Crippen LogP contribution in [0.4, 0.5) is 0 Å². The van der Waals surface area contributed by atoms with Gasteiger partial charge < -0.3 is 4.74 Å². The van der Waals surface area contributed by atoms with Crippen LogP contribution in [0.3, 0.4) is 0 Å². The molecule has 1 aromatic rings. The summed E-state index contributed by atoms with van der Waals surface area (Å²) in [4.78, 5) is 0.00655. The van der Waals surface area contributed by atoms with Gasteiger partial charge in [-0.2, -0.15) is 9.57 Å². The van der Waals surface area contributed by atoms with Gasteiger partial charge >= 0.3 is 0 Å². The van der Waals surface area contributed by atoms with Gasteiger partial charge in [0.25, 0.3) is 0 Å². The molecule has 1 fully saturated rings. The van der Waals surface area contributed by atoms with E-state index in [1.165, 1.54) is 19.5 Å². The zero-order valence-corrected chi connectivity index (χ0v) is 13.3. The van der Waals surface area contributed by atoms with Crippen molar-refractivity contribution in [1.29, 1.82) is 5.26 Å². The molecule has 1 saturated carbocycles. The lowest BCUT2D eigenvalue weighted by molar-refractivity contribution is 0.177. The Morgan fingerprint density at radius 2 is 2.19 bits per heavy atom. The fourth-order valence-electron chi connectivity index (χ4n) is 2.02. The molecule has 1 aliphatic carbocycles. The SMILES string of the molecule is CN(CC#N)S(=O)(=O)c1cc(Cl)ccc1OCC1CCC1. The first kappa shape index (κ1) is 16.1. The molecule has 21 heavy (non-hydrogen) atoms. The van der Waals surface area contributed by atoms with Crippen molar-refractivity contribution in [3.8, 4) is 11.8 Å². The van der Waals surface area contributed by atoms with Crippen LogP contribution in [-0.4, -0.2) is 32.9 Å². The van der Waals surface area contributed by atoms with Crippen LogP contribution >= 0.6 is 11.6 Å². The van der Waals surface area contributed by atoms with E-state index in [0.717, 1.165) is 17.1 Å². The van der Waals surface area contributed by atoms with Crippen molar-refractivity contribution in [2.24, 2.45) is 5.92 Å². The average Bonchev–Trinajstić information content (AvgIpc) is 2.38. The highest BCUT2D eigenvalue weighted by atomic mass is 35.5. The summed E-state index contributed by atoms with van der Waals surface area (Å²) in [6.45, 7) is 0.281. The van der Waals surface area contributed by atoms with Gasteiger partial charge in [0, 0.05) is 12.1 Å². The van der Waals surface area contributed by atoms with E-state index in [9.17, 15) is 8.42 Å². The standard InChI is InChI=1S/C14H17ClN2O3S/c1-17(8-7-16)21(18,19)14-9-12(15)5-6-13(14)20-10-11-3-2-4-11/h5-6,9,11H,2-4,8,10H2,1H3. The molecule has 0 atom stereocenters. The molecular formula is C14H17ClN2O3S. The number of rotatable bonds is 6. The Labute approximate surface area is 130 Å². The van der Waals surface area contributed by atoms with E-state index in [2.05, 4.69) is 0 Å². The lowest BCUT2D eigenvalue weighted by Crippen LogP contribution is -2.28. The average molecular weight is 329 g/mol. The smallest absolute Gasteiger partial charge is 0.247 e. The molecule has 0 spiro atoms. The zero-order chi connectivity index (χ0) is 15.5. The van der Waals surface area contributed by atoms with Crippen LogP contribution in [-0.2, 0) is 10.0 Å². The highest BCUT2D eigenvalue weighted by molar-refractivity contribution is 7.89. The van der Waals surface area contributed by atoms with E-state index >= 15 is 0 Å². The van der Waals surface area contributed by atoms with Crippen molar-refractivity contribution in [2.75, 3.05) is 20.2 Å². The van der Waals surface area contributed by atoms with Gasteiger partial charge in [-0.15, -0.1) is 0 Å².